The summed E-state index contributed by atoms with van der Waals surface area (Å²) in [4.78, 5) is 28.1. The molecule has 3 atom stereocenters. The average molecular weight is 503 g/mol. The van der Waals surface area contributed by atoms with Crippen LogP contribution in [-0.4, -0.2) is 35.5 Å². The fraction of sp³-hybridized carbons (Fsp3) is 0.152. The maximum Gasteiger partial charge on any atom is 0.338 e. The molecule has 1 N–H and O–H groups in total. The number of benzene rings is 4. The van der Waals surface area contributed by atoms with Crippen molar-refractivity contribution in [1.82, 2.24) is 4.90 Å². The number of carbonyl (C=O) groups excluding carboxylic acids is 2. The zero-order valence-corrected chi connectivity index (χ0v) is 21.0. The van der Waals surface area contributed by atoms with Crippen molar-refractivity contribution in [2.24, 2.45) is 0 Å². The summed E-state index contributed by atoms with van der Waals surface area (Å²) in [6.45, 7) is 0.0467. The first-order valence-corrected chi connectivity index (χ1v) is 12.8. The summed E-state index contributed by atoms with van der Waals surface area (Å²) in [5.41, 5.74) is 3.54. The molecule has 5 nitrogen and oxygen atoms in total. The molecule has 0 radical (unpaired) electrons. The predicted octanol–water partition coefficient (Wildman–Crippen LogP) is 6.08. The summed E-state index contributed by atoms with van der Waals surface area (Å²) in [6.07, 6.45) is 4.30. The van der Waals surface area contributed by atoms with Gasteiger partial charge in [-0.3, -0.25) is 4.79 Å². The number of rotatable bonds is 10. The Morgan fingerprint density at radius 1 is 0.789 bits per heavy atom. The van der Waals surface area contributed by atoms with Gasteiger partial charge in [0.2, 0.25) is 5.91 Å². The zero-order valence-electron chi connectivity index (χ0n) is 21.0. The molecule has 0 saturated carbocycles. The van der Waals surface area contributed by atoms with Crippen molar-refractivity contribution in [3.63, 3.8) is 0 Å². The summed E-state index contributed by atoms with van der Waals surface area (Å²) in [5, 5.41) is 3.66. The van der Waals surface area contributed by atoms with Crippen molar-refractivity contribution in [2.45, 2.75) is 24.5 Å². The third kappa shape index (κ3) is 6.01. The summed E-state index contributed by atoms with van der Waals surface area (Å²) < 4.78 is 5.79. The van der Waals surface area contributed by atoms with Gasteiger partial charge in [-0.25, -0.2) is 4.79 Å². The Balaban J connectivity index is 1.45. The molecule has 0 aliphatic carbocycles. The molecule has 5 rings (SSSR count). The monoisotopic (exact) mass is 502 g/mol. The molecule has 4 aromatic carbocycles. The molecule has 0 aromatic heterocycles. The standard InChI is InChI=1S/C33H30N2O3/c36-32-22-21-30(29(23-25-13-5-1-6-14-25)34-28-19-11-4-12-20-28)35(32)31(26-15-7-2-8-16-26)24-38-33(37)27-17-9-3-10-18-27/h1-22,29-31,34H,23-24H2/t29-,30-,31+/m1/s1. The highest BCUT2D eigenvalue weighted by Gasteiger charge is 2.38. The SMILES string of the molecule is O=C(OC[C@@H](c1ccccc1)N1C(=O)C=C[C@@H]1[C@@H](Cc1ccccc1)Nc1ccccc1)c1ccccc1. The van der Waals surface area contributed by atoms with Crippen molar-refractivity contribution < 1.29 is 14.3 Å². The van der Waals surface area contributed by atoms with E-state index in [1.807, 2.05) is 95.9 Å². The Kier molecular flexibility index (Phi) is 7.95. The number of anilines is 1. The third-order valence-electron chi connectivity index (χ3n) is 6.75. The van der Waals surface area contributed by atoms with Crippen LogP contribution in [0.3, 0.4) is 0 Å². The van der Waals surface area contributed by atoms with Crippen LogP contribution < -0.4 is 5.32 Å². The number of nitrogens with zero attached hydrogens (tertiary/aromatic N) is 1. The van der Waals surface area contributed by atoms with Gasteiger partial charge in [0.1, 0.15) is 6.61 Å². The molecule has 0 bridgehead atoms. The smallest absolute Gasteiger partial charge is 0.338 e. The summed E-state index contributed by atoms with van der Waals surface area (Å²) in [6, 6.07) is 38.1. The minimum absolute atomic E-state index is 0.0467. The minimum Gasteiger partial charge on any atom is -0.460 e. The lowest BCUT2D eigenvalue weighted by Crippen LogP contribution is -2.49. The molecule has 0 saturated heterocycles. The normalized spacial score (nSPS) is 16.2. The van der Waals surface area contributed by atoms with Gasteiger partial charge in [-0.15, -0.1) is 0 Å². The second-order valence-electron chi connectivity index (χ2n) is 9.29. The molecule has 0 unspecified atom stereocenters. The molecule has 0 fully saturated rings. The Morgan fingerprint density at radius 2 is 1.37 bits per heavy atom. The van der Waals surface area contributed by atoms with Gasteiger partial charge in [0.25, 0.3) is 0 Å². The highest BCUT2D eigenvalue weighted by molar-refractivity contribution is 5.91. The van der Waals surface area contributed by atoms with Gasteiger partial charge >= 0.3 is 5.97 Å². The van der Waals surface area contributed by atoms with E-state index in [1.54, 1.807) is 30.3 Å². The molecule has 5 heteroatoms. The Bertz CT molecular complexity index is 1320. The maximum atomic E-state index is 13.4. The quantitative estimate of drug-likeness (QED) is 0.267. The lowest BCUT2D eigenvalue weighted by Gasteiger charge is -2.38. The average Bonchev–Trinajstić information content (AvgIpc) is 3.36. The van der Waals surface area contributed by atoms with Crippen molar-refractivity contribution in [3.8, 4) is 0 Å². The van der Waals surface area contributed by atoms with E-state index in [-0.39, 0.29) is 24.6 Å². The number of hydrogen-bond acceptors (Lipinski definition) is 4. The van der Waals surface area contributed by atoms with Gasteiger partial charge in [0.15, 0.2) is 0 Å². The number of amides is 1. The van der Waals surface area contributed by atoms with Crippen molar-refractivity contribution in [1.29, 1.82) is 0 Å². The number of hydrogen-bond donors (Lipinski definition) is 1. The Hall–Kier alpha value is -4.64. The second-order valence-corrected chi connectivity index (χ2v) is 9.29. The van der Waals surface area contributed by atoms with Gasteiger partial charge in [-0.2, -0.15) is 0 Å². The largest absolute Gasteiger partial charge is 0.460 e. The van der Waals surface area contributed by atoms with Crippen LogP contribution in [0.2, 0.25) is 0 Å². The van der Waals surface area contributed by atoms with E-state index in [2.05, 4.69) is 17.4 Å². The van der Waals surface area contributed by atoms with Gasteiger partial charge < -0.3 is 15.0 Å². The van der Waals surface area contributed by atoms with Crippen LogP contribution in [0.1, 0.15) is 27.5 Å². The molecule has 1 heterocycles. The van der Waals surface area contributed by atoms with E-state index in [1.165, 1.54) is 5.56 Å². The Morgan fingerprint density at radius 3 is 2.03 bits per heavy atom. The van der Waals surface area contributed by atoms with Crippen LogP contribution in [-0.2, 0) is 16.0 Å². The molecule has 0 spiro atoms. The van der Waals surface area contributed by atoms with Crippen LogP contribution in [0, 0.1) is 0 Å². The van der Waals surface area contributed by atoms with Gasteiger partial charge in [0, 0.05) is 11.8 Å². The van der Waals surface area contributed by atoms with Crippen LogP contribution in [0.4, 0.5) is 5.69 Å². The van der Waals surface area contributed by atoms with E-state index in [0.717, 1.165) is 11.3 Å². The fourth-order valence-electron chi connectivity index (χ4n) is 4.89. The zero-order chi connectivity index (χ0) is 26.2. The highest BCUT2D eigenvalue weighted by Crippen LogP contribution is 2.31. The van der Waals surface area contributed by atoms with E-state index < -0.39 is 12.0 Å². The second kappa shape index (κ2) is 12.1. The number of ether oxygens (including phenoxy) is 1. The summed E-state index contributed by atoms with van der Waals surface area (Å²) in [7, 11) is 0. The topological polar surface area (TPSA) is 58.6 Å². The number of carbonyl (C=O) groups is 2. The van der Waals surface area contributed by atoms with Crippen LogP contribution in [0.15, 0.2) is 133 Å². The van der Waals surface area contributed by atoms with Crippen molar-refractivity contribution >= 4 is 17.6 Å². The molecular formula is C33H30N2O3. The third-order valence-corrected chi connectivity index (χ3v) is 6.75. The Labute approximate surface area is 223 Å². The maximum absolute atomic E-state index is 13.4. The van der Waals surface area contributed by atoms with Crippen LogP contribution >= 0.6 is 0 Å². The lowest BCUT2D eigenvalue weighted by atomic mass is 9.96. The minimum atomic E-state index is -0.452. The summed E-state index contributed by atoms with van der Waals surface area (Å²) >= 11 is 0. The fourth-order valence-corrected chi connectivity index (χ4v) is 4.89. The molecule has 4 aromatic rings. The lowest BCUT2D eigenvalue weighted by molar-refractivity contribution is -0.130. The highest BCUT2D eigenvalue weighted by atomic mass is 16.5. The summed E-state index contributed by atoms with van der Waals surface area (Å²) in [5.74, 6) is -0.515. The van der Waals surface area contributed by atoms with Gasteiger partial charge in [-0.05, 0) is 41.8 Å². The first-order chi connectivity index (χ1) is 18.7. The van der Waals surface area contributed by atoms with Gasteiger partial charge in [0.05, 0.1) is 23.7 Å². The van der Waals surface area contributed by atoms with E-state index in [4.69, 9.17) is 4.74 Å². The van der Waals surface area contributed by atoms with Crippen molar-refractivity contribution in [3.05, 3.63) is 150 Å². The molecular weight excluding hydrogens is 472 g/mol. The van der Waals surface area contributed by atoms with E-state index in [0.29, 0.717) is 12.0 Å². The molecule has 1 aliphatic heterocycles. The van der Waals surface area contributed by atoms with Crippen molar-refractivity contribution in [2.75, 3.05) is 11.9 Å². The first-order valence-electron chi connectivity index (χ1n) is 12.8. The molecule has 190 valence electrons. The number of para-hydroxylation sites is 1. The number of nitrogens with one attached hydrogen (secondary N) is 1. The van der Waals surface area contributed by atoms with Gasteiger partial charge in [-0.1, -0.05) is 103 Å². The number of esters is 1. The molecule has 1 aliphatic rings. The van der Waals surface area contributed by atoms with E-state index in [9.17, 15) is 9.59 Å². The molecule has 1 amide bonds. The first kappa shape index (κ1) is 25.0. The van der Waals surface area contributed by atoms with Crippen LogP contribution in [0.25, 0.3) is 0 Å². The van der Waals surface area contributed by atoms with Crippen LogP contribution in [0.5, 0.6) is 0 Å². The van der Waals surface area contributed by atoms with E-state index >= 15 is 0 Å². The molecule has 38 heavy (non-hydrogen) atoms. The predicted molar refractivity (Wildman–Crippen MR) is 150 cm³/mol.